The van der Waals surface area contributed by atoms with E-state index in [4.69, 9.17) is 11.6 Å². The summed E-state index contributed by atoms with van der Waals surface area (Å²) in [4.78, 5) is 16.1. The predicted octanol–water partition coefficient (Wildman–Crippen LogP) is 3.83. The van der Waals surface area contributed by atoms with Gasteiger partial charge in [0.2, 0.25) is 5.78 Å². The standard InChI is InChI=1S/C16H13ClF3N3O/c1-9-7-23-14(24)6-13(17)21-15(23)22(9)8-11-4-3-5-12(10(11)2)16(18,19)20/h3-7H,8H2,1-2H3. The molecule has 24 heavy (non-hydrogen) atoms. The Morgan fingerprint density at radius 3 is 2.62 bits per heavy atom. The number of hydrogen-bond acceptors (Lipinski definition) is 2. The fraction of sp³-hybridized carbons (Fsp3) is 0.250. The third-order valence-electron chi connectivity index (χ3n) is 3.97. The predicted molar refractivity (Wildman–Crippen MR) is 84.5 cm³/mol. The number of imidazole rings is 1. The number of benzene rings is 1. The van der Waals surface area contributed by atoms with Gasteiger partial charge in [-0.25, -0.2) is 4.98 Å². The smallest absolute Gasteiger partial charge is 0.310 e. The molecule has 126 valence electrons. The van der Waals surface area contributed by atoms with E-state index in [1.807, 2.05) is 0 Å². The summed E-state index contributed by atoms with van der Waals surface area (Å²) >= 11 is 5.84. The molecule has 0 spiro atoms. The Labute approximate surface area is 140 Å². The van der Waals surface area contributed by atoms with Crippen molar-refractivity contribution in [1.82, 2.24) is 14.0 Å². The maximum absolute atomic E-state index is 13.1. The minimum atomic E-state index is -4.41. The van der Waals surface area contributed by atoms with Gasteiger partial charge in [0, 0.05) is 18.0 Å². The van der Waals surface area contributed by atoms with Crippen LogP contribution >= 0.6 is 11.6 Å². The summed E-state index contributed by atoms with van der Waals surface area (Å²) in [6.07, 6.45) is -2.82. The molecule has 4 nitrogen and oxygen atoms in total. The van der Waals surface area contributed by atoms with E-state index in [0.717, 1.165) is 6.07 Å². The number of alkyl halides is 3. The maximum Gasteiger partial charge on any atom is 0.416 e. The average Bonchev–Trinajstić information content (AvgIpc) is 2.77. The number of nitrogens with zero attached hydrogens (tertiary/aromatic N) is 3. The zero-order valence-electron chi connectivity index (χ0n) is 12.9. The Bertz CT molecular complexity index is 989. The molecule has 8 heteroatoms. The zero-order valence-corrected chi connectivity index (χ0v) is 13.6. The monoisotopic (exact) mass is 355 g/mol. The Morgan fingerprint density at radius 1 is 1.25 bits per heavy atom. The van der Waals surface area contributed by atoms with Crippen LogP contribution in [-0.4, -0.2) is 14.0 Å². The van der Waals surface area contributed by atoms with Crippen molar-refractivity contribution < 1.29 is 13.2 Å². The van der Waals surface area contributed by atoms with E-state index >= 15 is 0 Å². The summed E-state index contributed by atoms with van der Waals surface area (Å²) in [5.41, 5.74) is 0.337. The van der Waals surface area contributed by atoms with Gasteiger partial charge in [-0.1, -0.05) is 23.7 Å². The van der Waals surface area contributed by atoms with Crippen LogP contribution in [-0.2, 0) is 12.7 Å². The molecule has 3 rings (SSSR count). The first kappa shape index (κ1) is 16.6. The number of rotatable bonds is 2. The summed E-state index contributed by atoms with van der Waals surface area (Å²) in [6.45, 7) is 3.35. The largest absolute Gasteiger partial charge is 0.416 e. The highest BCUT2D eigenvalue weighted by atomic mass is 35.5. The third-order valence-corrected chi connectivity index (χ3v) is 4.16. The molecule has 0 radical (unpaired) electrons. The van der Waals surface area contributed by atoms with Gasteiger partial charge in [0.1, 0.15) is 5.15 Å². The highest BCUT2D eigenvalue weighted by Gasteiger charge is 2.32. The Morgan fingerprint density at radius 2 is 1.96 bits per heavy atom. The van der Waals surface area contributed by atoms with Gasteiger partial charge in [-0.15, -0.1) is 0 Å². The van der Waals surface area contributed by atoms with E-state index in [1.165, 1.54) is 23.5 Å². The molecule has 0 fully saturated rings. The molecule has 0 saturated carbocycles. The minimum Gasteiger partial charge on any atom is -0.310 e. The van der Waals surface area contributed by atoms with Crippen LogP contribution in [0, 0.1) is 13.8 Å². The van der Waals surface area contributed by atoms with Gasteiger partial charge in [-0.3, -0.25) is 9.20 Å². The third kappa shape index (κ3) is 2.80. The molecular weight excluding hydrogens is 343 g/mol. The highest BCUT2D eigenvalue weighted by Crippen LogP contribution is 2.33. The van der Waals surface area contributed by atoms with Crippen molar-refractivity contribution in [2.45, 2.75) is 26.6 Å². The van der Waals surface area contributed by atoms with Gasteiger partial charge < -0.3 is 4.57 Å². The van der Waals surface area contributed by atoms with Crippen molar-refractivity contribution in [3.63, 3.8) is 0 Å². The molecule has 1 aromatic carbocycles. The van der Waals surface area contributed by atoms with Crippen LogP contribution in [0.5, 0.6) is 0 Å². The summed E-state index contributed by atoms with van der Waals surface area (Å²) in [5.74, 6) is 0.293. The van der Waals surface area contributed by atoms with Gasteiger partial charge in [0.15, 0.2) is 0 Å². The van der Waals surface area contributed by atoms with Gasteiger partial charge in [-0.05, 0) is 31.0 Å². The quantitative estimate of drug-likeness (QED) is 0.655. The van der Waals surface area contributed by atoms with Crippen LogP contribution in [0.4, 0.5) is 13.2 Å². The van der Waals surface area contributed by atoms with Gasteiger partial charge in [0.05, 0.1) is 12.1 Å². The molecule has 0 atom stereocenters. The van der Waals surface area contributed by atoms with Crippen molar-refractivity contribution in [2.24, 2.45) is 0 Å². The van der Waals surface area contributed by atoms with E-state index in [0.29, 0.717) is 17.0 Å². The first-order valence-electron chi connectivity index (χ1n) is 7.09. The lowest BCUT2D eigenvalue weighted by Gasteiger charge is -2.15. The minimum absolute atomic E-state index is 0.0418. The van der Waals surface area contributed by atoms with Crippen molar-refractivity contribution >= 4 is 17.4 Å². The fourth-order valence-corrected chi connectivity index (χ4v) is 2.87. The number of aromatic nitrogens is 3. The second-order valence-electron chi connectivity index (χ2n) is 5.53. The van der Waals surface area contributed by atoms with Crippen LogP contribution in [0.25, 0.3) is 5.78 Å². The van der Waals surface area contributed by atoms with Gasteiger partial charge in [-0.2, -0.15) is 13.2 Å². The molecule has 2 heterocycles. The molecule has 0 bridgehead atoms. The maximum atomic E-state index is 13.1. The molecule has 0 saturated heterocycles. The van der Waals surface area contributed by atoms with Crippen LogP contribution in [0.1, 0.15) is 22.4 Å². The number of halogens is 4. The van der Waals surface area contributed by atoms with Crippen molar-refractivity contribution in [3.05, 3.63) is 68.4 Å². The lowest BCUT2D eigenvalue weighted by Crippen LogP contribution is -2.14. The first-order chi connectivity index (χ1) is 11.2. The number of aryl methyl sites for hydroxylation is 1. The first-order valence-corrected chi connectivity index (χ1v) is 7.47. The Balaban J connectivity index is 2.15. The average molecular weight is 356 g/mol. The molecule has 2 aromatic heterocycles. The summed E-state index contributed by atoms with van der Waals surface area (Å²) in [7, 11) is 0. The normalized spacial score (nSPS) is 12.1. The lowest BCUT2D eigenvalue weighted by atomic mass is 10.0. The Hall–Kier alpha value is -2.28. The molecule has 0 unspecified atom stereocenters. The van der Waals surface area contributed by atoms with Gasteiger partial charge >= 0.3 is 6.18 Å². The van der Waals surface area contributed by atoms with Crippen LogP contribution < -0.4 is 5.56 Å². The van der Waals surface area contributed by atoms with Crippen molar-refractivity contribution in [1.29, 1.82) is 0 Å². The molecule has 0 aliphatic rings. The topological polar surface area (TPSA) is 39.3 Å². The lowest BCUT2D eigenvalue weighted by molar-refractivity contribution is -0.138. The van der Waals surface area contributed by atoms with Gasteiger partial charge in [0.25, 0.3) is 5.56 Å². The summed E-state index contributed by atoms with van der Waals surface area (Å²) < 4.78 is 42.2. The van der Waals surface area contributed by atoms with E-state index in [1.54, 1.807) is 23.8 Å². The Kier molecular flexibility index (Phi) is 3.91. The summed E-state index contributed by atoms with van der Waals surface area (Å²) in [6, 6.07) is 5.24. The second-order valence-corrected chi connectivity index (χ2v) is 5.92. The molecule has 0 aliphatic heterocycles. The number of hydrogen-bond donors (Lipinski definition) is 0. The van der Waals surface area contributed by atoms with E-state index in [2.05, 4.69) is 4.98 Å². The molecule has 0 amide bonds. The zero-order chi connectivity index (χ0) is 17.6. The molecular formula is C16H13ClF3N3O. The van der Waals surface area contributed by atoms with E-state index < -0.39 is 11.7 Å². The van der Waals surface area contributed by atoms with Crippen molar-refractivity contribution in [3.8, 4) is 0 Å². The van der Waals surface area contributed by atoms with E-state index in [9.17, 15) is 18.0 Å². The van der Waals surface area contributed by atoms with Crippen LogP contribution in [0.3, 0.4) is 0 Å². The molecule has 0 N–H and O–H groups in total. The van der Waals surface area contributed by atoms with Crippen LogP contribution in [0.15, 0.2) is 35.3 Å². The molecule has 0 aliphatic carbocycles. The van der Waals surface area contributed by atoms with Crippen LogP contribution in [0.2, 0.25) is 5.15 Å². The van der Waals surface area contributed by atoms with E-state index in [-0.39, 0.29) is 22.8 Å². The summed E-state index contributed by atoms with van der Waals surface area (Å²) in [5, 5.41) is 0.0418. The molecule has 3 aromatic rings. The SMILES string of the molecule is Cc1c(Cn2c(C)cn3c(=O)cc(Cl)nc23)cccc1C(F)(F)F. The van der Waals surface area contributed by atoms with Crippen molar-refractivity contribution in [2.75, 3.05) is 0 Å². The fourth-order valence-electron chi connectivity index (χ4n) is 2.71. The second kappa shape index (κ2) is 5.66. The number of fused-ring (bicyclic) bond motifs is 1. The highest BCUT2D eigenvalue weighted by molar-refractivity contribution is 6.29.